The first kappa shape index (κ1) is 19.0. The SMILES string of the molecule is C=C1C[C@H](O)[C@@H]2[C@H](OC(=O)[C@H]2CSc2ccc(Cl)cc2)[C@H]2[C@H](C)C(=O)C[C@@H]12. The van der Waals surface area contributed by atoms with Crippen LogP contribution >= 0.6 is 23.4 Å². The molecule has 4 nitrogen and oxygen atoms in total. The average Bonchev–Trinajstić information content (AvgIpc) is 3.08. The Morgan fingerprint density at radius 3 is 2.63 bits per heavy atom. The normalized spacial score (nSPS) is 38.3. The number of ketones is 1. The Hall–Kier alpha value is -1.30. The fraction of sp³-hybridized carbons (Fsp3) is 0.524. The van der Waals surface area contributed by atoms with E-state index in [0.29, 0.717) is 23.6 Å². The maximum Gasteiger partial charge on any atom is 0.310 e. The quantitative estimate of drug-likeness (QED) is 0.470. The molecule has 3 fully saturated rings. The fourth-order valence-corrected chi connectivity index (χ4v) is 6.18. The van der Waals surface area contributed by atoms with E-state index in [1.165, 1.54) is 0 Å². The summed E-state index contributed by atoms with van der Waals surface area (Å²) in [7, 11) is 0. The van der Waals surface area contributed by atoms with Crippen LogP contribution in [0.4, 0.5) is 0 Å². The van der Waals surface area contributed by atoms with Gasteiger partial charge in [-0.1, -0.05) is 30.7 Å². The van der Waals surface area contributed by atoms with Crippen molar-refractivity contribution in [3.8, 4) is 0 Å². The van der Waals surface area contributed by atoms with E-state index < -0.39 is 12.2 Å². The third kappa shape index (κ3) is 3.34. The molecule has 6 heteroatoms. The van der Waals surface area contributed by atoms with Gasteiger partial charge in [0.1, 0.15) is 11.9 Å². The lowest BCUT2D eigenvalue weighted by atomic mass is 9.77. The molecule has 2 aliphatic carbocycles. The number of fused-ring (bicyclic) bond motifs is 3. The molecular weight excluding hydrogens is 384 g/mol. The molecule has 1 heterocycles. The van der Waals surface area contributed by atoms with E-state index in [2.05, 4.69) is 6.58 Å². The van der Waals surface area contributed by atoms with Gasteiger partial charge in [-0.05, 0) is 36.6 Å². The maximum atomic E-state index is 12.7. The molecule has 1 N–H and O–H groups in total. The van der Waals surface area contributed by atoms with Gasteiger partial charge < -0.3 is 9.84 Å². The van der Waals surface area contributed by atoms with Gasteiger partial charge in [0.05, 0.1) is 12.0 Å². The zero-order chi connectivity index (χ0) is 19.3. The second-order valence-corrected chi connectivity index (χ2v) is 9.45. The Morgan fingerprint density at radius 2 is 1.93 bits per heavy atom. The lowest BCUT2D eigenvalue weighted by molar-refractivity contribution is -0.146. The minimum Gasteiger partial charge on any atom is -0.461 e. The van der Waals surface area contributed by atoms with E-state index in [4.69, 9.17) is 16.3 Å². The second-order valence-electron chi connectivity index (χ2n) is 7.92. The summed E-state index contributed by atoms with van der Waals surface area (Å²) in [6, 6.07) is 7.48. The zero-order valence-corrected chi connectivity index (χ0v) is 16.7. The van der Waals surface area contributed by atoms with E-state index in [1.54, 1.807) is 11.8 Å². The molecule has 0 unspecified atom stereocenters. The molecule has 0 radical (unpaired) electrons. The number of halogens is 1. The highest BCUT2D eigenvalue weighted by molar-refractivity contribution is 7.99. The molecular formula is C21H23ClO4S. The van der Waals surface area contributed by atoms with Crippen LogP contribution in [0.25, 0.3) is 0 Å². The van der Waals surface area contributed by atoms with Gasteiger partial charge in [0, 0.05) is 39.8 Å². The van der Waals surface area contributed by atoms with Gasteiger partial charge in [0.25, 0.3) is 0 Å². The molecule has 0 spiro atoms. The van der Waals surface area contributed by atoms with E-state index in [0.717, 1.165) is 10.5 Å². The van der Waals surface area contributed by atoms with Crippen LogP contribution in [0.1, 0.15) is 19.8 Å². The van der Waals surface area contributed by atoms with Crippen LogP contribution in [-0.4, -0.2) is 34.8 Å². The molecule has 27 heavy (non-hydrogen) atoms. The third-order valence-corrected chi connectivity index (χ3v) is 7.82. The number of hydrogen-bond acceptors (Lipinski definition) is 5. The molecule has 144 valence electrons. The fourth-order valence-electron chi connectivity index (χ4n) is 4.99. The second kappa shape index (κ2) is 7.26. The first-order valence-corrected chi connectivity index (χ1v) is 10.7. The van der Waals surface area contributed by atoms with Gasteiger partial charge in [0.15, 0.2) is 0 Å². The van der Waals surface area contributed by atoms with Crippen molar-refractivity contribution >= 4 is 35.1 Å². The summed E-state index contributed by atoms with van der Waals surface area (Å²) in [6.45, 7) is 6.05. The van der Waals surface area contributed by atoms with Crippen LogP contribution in [0.3, 0.4) is 0 Å². The molecule has 1 aromatic rings. The average molecular weight is 407 g/mol. The Kier molecular flexibility index (Phi) is 5.12. The summed E-state index contributed by atoms with van der Waals surface area (Å²) in [6.07, 6.45) is -0.199. The summed E-state index contributed by atoms with van der Waals surface area (Å²) in [5.41, 5.74) is 0.916. The predicted molar refractivity (Wildman–Crippen MR) is 105 cm³/mol. The standard InChI is InChI=1S/C21H23ClO4S/c1-10-7-17(24)19-15(9-27-13-5-3-12(22)4-6-13)21(25)26-20(19)18-11(2)16(23)8-14(10)18/h3-6,11,14-15,17-20,24H,1,7-9H2,2H3/t11-,14+,15+,17+,18+,19-,20-/m1/s1. The van der Waals surface area contributed by atoms with Crippen molar-refractivity contribution in [3.63, 3.8) is 0 Å². The molecule has 0 aromatic heterocycles. The van der Waals surface area contributed by atoms with Gasteiger partial charge in [-0.3, -0.25) is 9.59 Å². The third-order valence-electron chi connectivity index (χ3n) is 6.43. The molecule has 0 bridgehead atoms. The van der Waals surface area contributed by atoms with Crippen molar-refractivity contribution in [2.24, 2.45) is 29.6 Å². The Morgan fingerprint density at radius 1 is 1.22 bits per heavy atom. The molecule has 7 atom stereocenters. The van der Waals surface area contributed by atoms with Crippen molar-refractivity contribution < 1.29 is 19.4 Å². The number of carbonyl (C=O) groups excluding carboxylic acids is 2. The Labute approximate surface area is 168 Å². The summed E-state index contributed by atoms with van der Waals surface area (Å²) in [5, 5.41) is 11.5. The number of rotatable bonds is 3. The zero-order valence-electron chi connectivity index (χ0n) is 15.1. The lowest BCUT2D eigenvalue weighted by Crippen LogP contribution is -2.38. The number of aliphatic hydroxyl groups excluding tert-OH is 1. The molecule has 3 aliphatic rings. The van der Waals surface area contributed by atoms with E-state index in [-0.39, 0.29) is 41.3 Å². The number of carbonyl (C=O) groups is 2. The number of hydrogen-bond donors (Lipinski definition) is 1. The van der Waals surface area contributed by atoms with E-state index >= 15 is 0 Å². The number of esters is 1. The highest BCUT2D eigenvalue weighted by atomic mass is 35.5. The molecule has 0 amide bonds. The van der Waals surface area contributed by atoms with Gasteiger partial charge >= 0.3 is 5.97 Å². The Balaban J connectivity index is 1.58. The summed E-state index contributed by atoms with van der Waals surface area (Å²) in [5.74, 6) is -0.434. The van der Waals surface area contributed by atoms with Crippen molar-refractivity contribution in [1.82, 2.24) is 0 Å². The van der Waals surface area contributed by atoms with Crippen molar-refractivity contribution in [3.05, 3.63) is 41.4 Å². The highest BCUT2D eigenvalue weighted by Crippen LogP contribution is 2.52. The summed E-state index contributed by atoms with van der Waals surface area (Å²) >= 11 is 7.49. The monoisotopic (exact) mass is 406 g/mol. The van der Waals surface area contributed by atoms with Crippen LogP contribution < -0.4 is 0 Å². The van der Waals surface area contributed by atoms with E-state index in [1.807, 2.05) is 31.2 Å². The number of Topliss-reactive ketones (excluding diaryl/α,β-unsaturated/α-hetero) is 1. The van der Waals surface area contributed by atoms with Gasteiger partial charge in [-0.2, -0.15) is 0 Å². The van der Waals surface area contributed by atoms with Crippen molar-refractivity contribution in [2.45, 2.75) is 36.9 Å². The first-order valence-electron chi connectivity index (χ1n) is 9.34. The number of ether oxygens (including phenoxy) is 1. The number of benzene rings is 1. The largest absolute Gasteiger partial charge is 0.461 e. The number of aliphatic hydroxyl groups is 1. The highest BCUT2D eigenvalue weighted by Gasteiger charge is 2.58. The summed E-state index contributed by atoms with van der Waals surface area (Å²) in [4.78, 5) is 26.0. The first-order chi connectivity index (χ1) is 12.9. The topological polar surface area (TPSA) is 63.6 Å². The van der Waals surface area contributed by atoms with Crippen LogP contribution in [-0.2, 0) is 14.3 Å². The Bertz CT molecular complexity index is 777. The van der Waals surface area contributed by atoms with Crippen molar-refractivity contribution in [2.75, 3.05) is 5.75 Å². The maximum absolute atomic E-state index is 12.7. The van der Waals surface area contributed by atoms with Crippen LogP contribution in [0.5, 0.6) is 0 Å². The van der Waals surface area contributed by atoms with Crippen LogP contribution in [0.2, 0.25) is 5.02 Å². The van der Waals surface area contributed by atoms with Crippen LogP contribution in [0.15, 0.2) is 41.3 Å². The molecule has 4 rings (SSSR count). The smallest absolute Gasteiger partial charge is 0.310 e. The summed E-state index contributed by atoms with van der Waals surface area (Å²) < 4.78 is 5.79. The van der Waals surface area contributed by atoms with Gasteiger partial charge in [-0.25, -0.2) is 0 Å². The lowest BCUT2D eigenvalue weighted by Gasteiger charge is -2.29. The van der Waals surface area contributed by atoms with Gasteiger partial charge in [0.2, 0.25) is 0 Å². The molecule has 1 saturated heterocycles. The predicted octanol–water partition coefficient (Wildman–Crippen LogP) is 3.75. The number of thioether (sulfide) groups is 1. The van der Waals surface area contributed by atoms with Crippen LogP contribution in [0, 0.1) is 29.6 Å². The minimum atomic E-state index is -0.669. The molecule has 2 saturated carbocycles. The molecule has 1 aliphatic heterocycles. The van der Waals surface area contributed by atoms with Gasteiger partial charge in [-0.15, -0.1) is 11.8 Å². The minimum absolute atomic E-state index is 0.00705. The molecule has 1 aromatic carbocycles. The van der Waals surface area contributed by atoms with Crippen molar-refractivity contribution in [1.29, 1.82) is 0 Å². The van der Waals surface area contributed by atoms with E-state index in [9.17, 15) is 14.7 Å².